The first-order valence-electron chi connectivity index (χ1n) is 5.26. The molecular formula is C11H10ClN3O2. The largest absolute Gasteiger partial charge is 0.468 e. The van der Waals surface area contributed by atoms with Crippen LogP contribution < -0.4 is 0 Å². The van der Waals surface area contributed by atoms with Crippen LogP contribution in [0.5, 0.6) is 0 Å². The first-order valence-corrected chi connectivity index (χ1v) is 5.64. The highest BCUT2D eigenvalue weighted by Gasteiger charge is 2.56. The zero-order valence-corrected chi connectivity index (χ0v) is 9.94. The number of halogens is 1. The summed E-state index contributed by atoms with van der Waals surface area (Å²) < 4.78 is 6.38. The fraction of sp³-hybridized carbons (Fsp3) is 0.364. The van der Waals surface area contributed by atoms with Gasteiger partial charge in [0.25, 0.3) is 0 Å². The van der Waals surface area contributed by atoms with Crippen molar-refractivity contribution >= 4 is 23.2 Å². The number of esters is 1. The van der Waals surface area contributed by atoms with Crippen LogP contribution in [0, 0.1) is 0 Å². The first kappa shape index (κ1) is 10.5. The number of hydrogen-bond acceptors (Lipinski definition) is 4. The molecule has 0 aromatic carbocycles. The van der Waals surface area contributed by atoms with E-state index in [0.29, 0.717) is 16.5 Å². The fourth-order valence-corrected chi connectivity index (χ4v) is 2.06. The van der Waals surface area contributed by atoms with E-state index in [4.69, 9.17) is 16.3 Å². The molecule has 17 heavy (non-hydrogen) atoms. The SMILES string of the molecule is COC(=O)C1(c2nc3ccc(Cl)cn3n2)CC1. The second-order valence-electron chi connectivity index (χ2n) is 4.16. The molecule has 0 atom stereocenters. The van der Waals surface area contributed by atoms with Gasteiger partial charge < -0.3 is 4.74 Å². The second kappa shape index (κ2) is 3.43. The number of hydrogen-bond donors (Lipinski definition) is 0. The van der Waals surface area contributed by atoms with Crippen molar-refractivity contribution in [3.63, 3.8) is 0 Å². The Bertz CT molecular complexity index is 604. The van der Waals surface area contributed by atoms with Crippen LogP contribution in [0.1, 0.15) is 18.7 Å². The quantitative estimate of drug-likeness (QED) is 0.761. The number of carbonyl (C=O) groups excluding carboxylic acids is 1. The van der Waals surface area contributed by atoms with Gasteiger partial charge in [0.15, 0.2) is 11.5 Å². The molecule has 2 heterocycles. The molecule has 1 fully saturated rings. The number of rotatable bonds is 2. The van der Waals surface area contributed by atoms with Crippen LogP contribution in [0.15, 0.2) is 18.3 Å². The van der Waals surface area contributed by atoms with Crippen LogP contribution in [-0.4, -0.2) is 27.7 Å². The van der Waals surface area contributed by atoms with Crippen molar-refractivity contribution in [2.75, 3.05) is 7.11 Å². The van der Waals surface area contributed by atoms with E-state index in [1.807, 2.05) is 0 Å². The Hall–Kier alpha value is -1.62. The summed E-state index contributed by atoms with van der Waals surface area (Å²) in [5.74, 6) is 0.256. The first-order chi connectivity index (χ1) is 8.15. The number of fused-ring (bicyclic) bond motifs is 1. The van der Waals surface area contributed by atoms with Crippen LogP contribution in [-0.2, 0) is 14.9 Å². The Balaban J connectivity index is 2.10. The van der Waals surface area contributed by atoms with E-state index in [0.717, 1.165) is 12.8 Å². The van der Waals surface area contributed by atoms with Crippen molar-refractivity contribution in [1.29, 1.82) is 0 Å². The molecule has 88 valence electrons. The van der Waals surface area contributed by atoms with E-state index in [1.165, 1.54) is 7.11 Å². The Kier molecular flexibility index (Phi) is 2.13. The average Bonchev–Trinajstić information content (AvgIpc) is 3.03. The van der Waals surface area contributed by atoms with Crippen molar-refractivity contribution in [2.24, 2.45) is 0 Å². The maximum atomic E-state index is 11.7. The van der Waals surface area contributed by atoms with Gasteiger partial charge in [0.05, 0.1) is 12.1 Å². The molecule has 2 aromatic heterocycles. The van der Waals surface area contributed by atoms with Crippen molar-refractivity contribution in [3.05, 3.63) is 29.2 Å². The Labute approximate surface area is 102 Å². The third-order valence-electron chi connectivity index (χ3n) is 3.05. The lowest BCUT2D eigenvalue weighted by Crippen LogP contribution is -2.23. The summed E-state index contributed by atoms with van der Waals surface area (Å²) in [6, 6.07) is 3.51. The number of carbonyl (C=O) groups is 1. The molecule has 0 unspecified atom stereocenters. The Morgan fingerprint density at radius 2 is 2.29 bits per heavy atom. The summed E-state index contributed by atoms with van der Waals surface area (Å²) in [6.45, 7) is 0. The lowest BCUT2D eigenvalue weighted by atomic mass is 10.1. The number of pyridine rings is 1. The fourth-order valence-electron chi connectivity index (χ4n) is 1.90. The molecular weight excluding hydrogens is 242 g/mol. The van der Waals surface area contributed by atoms with Crippen LogP contribution in [0.25, 0.3) is 5.65 Å². The van der Waals surface area contributed by atoms with Gasteiger partial charge in [-0.2, -0.15) is 5.10 Å². The Morgan fingerprint density at radius 1 is 1.53 bits per heavy atom. The molecule has 0 aliphatic heterocycles. The van der Waals surface area contributed by atoms with Gasteiger partial charge >= 0.3 is 5.97 Å². The van der Waals surface area contributed by atoms with E-state index in [2.05, 4.69) is 10.1 Å². The predicted octanol–water partition coefficient (Wildman–Crippen LogP) is 1.59. The minimum Gasteiger partial charge on any atom is -0.468 e. The molecule has 2 aromatic rings. The molecule has 1 saturated carbocycles. The summed E-state index contributed by atoms with van der Waals surface area (Å²) in [7, 11) is 1.38. The molecule has 0 N–H and O–H groups in total. The Morgan fingerprint density at radius 3 is 2.94 bits per heavy atom. The van der Waals surface area contributed by atoms with Gasteiger partial charge in [-0.05, 0) is 25.0 Å². The van der Waals surface area contributed by atoms with Gasteiger partial charge in [0.1, 0.15) is 5.41 Å². The highest BCUT2D eigenvalue weighted by atomic mass is 35.5. The molecule has 3 rings (SSSR count). The van der Waals surface area contributed by atoms with Gasteiger partial charge in [0, 0.05) is 6.20 Å². The van der Waals surface area contributed by atoms with Crippen LogP contribution in [0.2, 0.25) is 5.02 Å². The zero-order valence-electron chi connectivity index (χ0n) is 9.18. The second-order valence-corrected chi connectivity index (χ2v) is 4.60. The molecule has 5 nitrogen and oxygen atoms in total. The van der Waals surface area contributed by atoms with E-state index in [1.54, 1.807) is 22.8 Å². The average molecular weight is 252 g/mol. The third-order valence-corrected chi connectivity index (χ3v) is 3.27. The molecule has 6 heteroatoms. The van der Waals surface area contributed by atoms with E-state index >= 15 is 0 Å². The van der Waals surface area contributed by atoms with Gasteiger partial charge in [-0.25, -0.2) is 9.50 Å². The van der Waals surface area contributed by atoms with Crippen molar-refractivity contribution < 1.29 is 9.53 Å². The molecule has 0 bridgehead atoms. The zero-order chi connectivity index (χ0) is 12.0. The van der Waals surface area contributed by atoms with Crippen molar-refractivity contribution in [3.8, 4) is 0 Å². The number of nitrogens with zero attached hydrogens (tertiary/aromatic N) is 3. The predicted molar refractivity (Wildman–Crippen MR) is 60.9 cm³/mol. The molecule has 0 amide bonds. The van der Waals surface area contributed by atoms with Crippen LogP contribution in [0.4, 0.5) is 0 Å². The van der Waals surface area contributed by atoms with E-state index in [9.17, 15) is 4.79 Å². The lowest BCUT2D eigenvalue weighted by molar-refractivity contribution is -0.143. The van der Waals surface area contributed by atoms with Crippen molar-refractivity contribution in [1.82, 2.24) is 14.6 Å². The summed E-state index contributed by atoms with van der Waals surface area (Å²) in [6.07, 6.45) is 3.15. The summed E-state index contributed by atoms with van der Waals surface area (Å²) in [5.41, 5.74) is 0.0485. The molecule has 1 aliphatic rings. The highest BCUT2D eigenvalue weighted by molar-refractivity contribution is 6.30. The lowest BCUT2D eigenvalue weighted by Gasteiger charge is -2.06. The molecule has 0 saturated heterocycles. The van der Waals surface area contributed by atoms with Gasteiger partial charge in [0.2, 0.25) is 0 Å². The maximum absolute atomic E-state index is 11.7. The number of aromatic nitrogens is 3. The molecule has 0 spiro atoms. The smallest absolute Gasteiger partial charge is 0.319 e. The van der Waals surface area contributed by atoms with Gasteiger partial charge in [-0.15, -0.1) is 0 Å². The molecule has 0 radical (unpaired) electrons. The summed E-state index contributed by atoms with van der Waals surface area (Å²) in [5, 5.41) is 4.88. The standard InChI is InChI=1S/C11H10ClN3O2/c1-17-10(16)11(4-5-11)9-13-8-3-2-7(12)6-15(8)14-9/h2-3,6H,4-5H2,1H3. The third kappa shape index (κ3) is 1.50. The summed E-state index contributed by atoms with van der Waals surface area (Å²) >= 11 is 5.87. The highest BCUT2D eigenvalue weighted by Crippen LogP contribution is 2.47. The summed E-state index contributed by atoms with van der Waals surface area (Å²) in [4.78, 5) is 16.1. The van der Waals surface area contributed by atoms with Gasteiger partial charge in [-0.1, -0.05) is 11.6 Å². The van der Waals surface area contributed by atoms with Crippen molar-refractivity contribution in [2.45, 2.75) is 18.3 Å². The van der Waals surface area contributed by atoms with Gasteiger partial charge in [-0.3, -0.25) is 4.79 Å². The van der Waals surface area contributed by atoms with E-state index in [-0.39, 0.29) is 5.97 Å². The minimum atomic E-state index is -0.632. The van der Waals surface area contributed by atoms with E-state index < -0.39 is 5.41 Å². The monoisotopic (exact) mass is 251 g/mol. The minimum absolute atomic E-state index is 0.264. The topological polar surface area (TPSA) is 56.5 Å². The normalized spacial score (nSPS) is 17.1. The van der Waals surface area contributed by atoms with Crippen LogP contribution in [0.3, 0.4) is 0 Å². The van der Waals surface area contributed by atoms with Crippen LogP contribution >= 0.6 is 11.6 Å². The number of ether oxygens (including phenoxy) is 1. The maximum Gasteiger partial charge on any atom is 0.319 e. The molecule has 1 aliphatic carbocycles. The number of methoxy groups -OCH3 is 1.